The molecule has 0 radical (unpaired) electrons. The average Bonchev–Trinajstić information content (AvgIpc) is 2.29. The van der Waals surface area contributed by atoms with E-state index >= 15 is 0 Å². The lowest BCUT2D eigenvalue weighted by Crippen LogP contribution is -2.50. The molecule has 0 aromatic carbocycles. The maximum absolute atomic E-state index is 6.17. The number of anilines is 1. The molecule has 2 rings (SSSR count). The smallest absolute Gasteiger partial charge is 0.147 e. The van der Waals surface area contributed by atoms with Gasteiger partial charge in [-0.2, -0.15) is 0 Å². The maximum atomic E-state index is 6.17. The first-order valence-electron chi connectivity index (χ1n) is 5.08. The summed E-state index contributed by atoms with van der Waals surface area (Å²) in [6.07, 6.45) is 1.74. The highest BCUT2D eigenvalue weighted by molar-refractivity contribution is 9.10. The molecular formula is C10H13BrClN3O. The van der Waals surface area contributed by atoms with Gasteiger partial charge in [0.05, 0.1) is 24.3 Å². The van der Waals surface area contributed by atoms with Gasteiger partial charge in [-0.3, -0.25) is 0 Å². The van der Waals surface area contributed by atoms with Crippen molar-refractivity contribution in [1.29, 1.82) is 0 Å². The maximum Gasteiger partial charge on any atom is 0.147 e. The Morgan fingerprint density at radius 3 is 3.19 bits per heavy atom. The van der Waals surface area contributed by atoms with Crippen molar-refractivity contribution in [1.82, 2.24) is 4.98 Å². The Kier molecular flexibility index (Phi) is 4.02. The van der Waals surface area contributed by atoms with E-state index in [2.05, 4.69) is 25.8 Å². The molecule has 1 aliphatic rings. The van der Waals surface area contributed by atoms with Crippen molar-refractivity contribution in [3.05, 3.63) is 21.8 Å². The molecule has 1 aliphatic heterocycles. The fraction of sp³-hybridized carbons (Fsp3) is 0.500. The molecule has 1 saturated heterocycles. The zero-order valence-electron chi connectivity index (χ0n) is 8.70. The molecule has 88 valence electrons. The van der Waals surface area contributed by atoms with Gasteiger partial charge in [-0.05, 0) is 22.0 Å². The van der Waals surface area contributed by atoms with E-state index in [9.17, 15) is 0 Å². The third-order valence-electron chi connectivity index (χ3n) is 2.56. The molecule has 2 N–H and O–H groups in total. The molecule has 6 heteroatoms. The molecule has 2 heterocycles. The van der Waals surface area contributed by atoms with Gasteiger partial charge in [0.2, 0.25) is 0 Å². The minimum atomic E-state index is 0.153. The number of halogens is 2. The number of hydrogen-bond acceptors (Lipinski definition) is 4. The van der Waals surface area contributed by atoms with Gasteiger partial charge >= 0.3 is 0 Å². The summed E-state index contributed by atoms with van der Waals surface area (Å²) in [6.45, 7) is 2.62. The highest BCUT2D eigenvalue weighted by Gasteiger charge is 2.24. The van der Waals surface area contributed by atoms with Crippen molar-refractivity contribution in [3.63, 3.8) is 0 Å². The Morgan fingerprint density at radius 1 is 1.69 bits per heavy atom. The Balaban J connectivity index is 2.27. The van der Waals surface area contributed by atoms with Crippen LogP contribution >= 0.6 is 27.5 Å². The summed E-state index contributed by atoms with van der Waals surface area (Å²) < 4.78 is 6.26. The van der Waals surface area contributed by atoms with Crippen molar-refractivity contribution < 1.29 is 4.74 Å². The normalized spacial score (nSPS) is 21.2. The van der Waals surface area contributed by atoms with Crippen molar-refractivity contribution >= 4 is 33.3 Å². The predicted octanol–water partition coefficient (Wildman–Crippen LogP) is 1.66. The predicted molar refractivity (Wildman–Crippen MR) is 68.0 cm³/mol. The van der Waals surface area contributed by atoms with Gasteiger partial charge in [-0.25, -0.2) is 4.98 Å². The third kappa shape index (κ3) is 2.48. The monoisotopic (exact) mass is 305 g/mol. The highest BCUT2D eigenvalue weighted by atomic mass is 79.9. The minimum absolute atomic E-state index is 0.153. The van der Waals surface area contributed by atoms with Crippen LogP contribution in [0.1, 0.15) is 0 Å². The van der Waals surface area contributed by atoms with Crippen LogP contribution in [-0.2, 0) is 4.74 Å². The number of hydrogen-bond donors (Lipinski definition) is 1. The summed E-state index contributed by atoms with van der Waals surface area (Å²) in [6, 6.07) is 1.99. The van der Waals surface area contributed by atoms with Gasteiger partial charge in [0.25, 0.3) is 0 Å². The second kappa shape index (κ2) is 5.31. The van der Waals surface area contributed by atoms with Gasteiger partial charge in [-0.1, -0.05) is 11.6 Å². The zero-order valence-corrected chi connectivity index (χ0v) is 11.0. The molecule has 0 spiro atoms. The Labute approximate surface area is 108 Å². The SMILES string of the molecule is NCC1COCCN1c1ncc(Br)cc1Cl. The van der Waals surface area contributed by atoms with Gasteiger partial charge in [0.15, 0.2) is 0 Å². The summed E-state index contributed by atoms with van der Waals surface area (Å²) in [5.74, 6) is 0.781. The van der Waals surface area contributed by atoms with E-state index in [1.807, 2.05) is 6.07 Å². The number of nitrogens with zero attached hydrogens (tertiary/aromatic N) is 2. The van der Waals surface area contributed by atoms with E-state index in [1.54, 1.807) is 6.20 Å². The Hall–Kier alpha value is -0.360. The molecule has 16 heavy (non-hydrogen) atoms. The fourth-order valence-corrected chi connectivity index (χ4v) is 2.49. The van der Waals surface area contributed by atoms with Crippen molar-refractivity contribution in [3.8, 4) is 0 Å². The number of pyridine rings is 1. The molecule has 4 nitrogen and oxygen atoms in total. The first-order chi connectivity index (χ1) is 7.72. The largest absolute Gasteiger partial charge is 0.377 e. The number of nitrogens with two attached hydrogens (primary N) is 1. The molecule has 1 aromatic rings. The van der Waals surface area contributed by atoms with Gasteiger partial charge in [0, 0.05) is 23.8 Å². The van der Waals surface area contributed by atoms with E-state index in [0.717, 1.165) is 16.8 Å². The first kappa shape index (κ1) is 12.1. The second-order valence-electron chi connectivity index (χ2n) is 3.62. The van der Waals surface area contributed by atoms with Crippen LogP contribution in [0, 0.1) is 0 Å². The first-order valence-corrected chi connectivity index (χ1v) is 6.25. The van der Waals surface area contributed by atoms with Crippen LogP contribution in [0.5, 0.6) is 0 Å². The van der Waals surface area contributed by atoms with Crippen LogP contribution in [0.3, 0.4) is 0 Å². The van der Waals surface area contributed by atoms with Gasteiger partial charge in [-0.15, -0.1) is 0 Å². The summed E-state index contributed by atoms with van der Waals surface area (Å²) in [7, 11) is 0. The number of morpholine rings is 1. The summed E-state index contributed by atoms with van der Waals surface area (Å²) in [4.78, 5) is 6.45. The van der Waals surface area contributed by atoms with Crippen LogP contribution in [0.2, 0.25) is 5.02 Å². The number of aromatic nitrogens is 1. The third-order valence-corrected chi connectivity index (χ3v) is 3.27. The van der Waals surface area contributed by atoms with E-state index in [-0.39, 0.29) is 6.04 Å². The Morgan fingerprint density at radius 2 is 2.50 bits per heavy atom. The second-order valence-corrected chi connectivity index (χ2v) is 4.94. The molecule has 0 saturated carbocycles. The van der Waals surface area contributed by atoms with E-state index in [4.69, 9.17) is 22.1 Å². The van der Waals surface area contributed by atoms with Crippen molar-refractivity contribution in [2.45, 2.75) is 6.04 Å². The van der Waals surface area contributed by atoms with Crippen LogP contribution in [0.15, 0.2) is 16.7 Å². The fourth-order valence-electron chi connectivity index (χ4n) is 1.75. The number of ether oxygens (including phenoxy) is 1. The van der Waals surface area contributed by atoms with E-state index in [1.165, 1.54) is 0 Å². The summed E-state index contributed by atoms with van der Waals surface area (Å²) in [5.41, 5.74) is 5.71. The molecule has 0 bridgehead atoms. The van der Waals surface area contributed by atoms with Gasteiger partial charge in [0.1, 0.15) is 5.82 Å². The molecular weight excluding hydrogens is 293 g/mol. The molecule has 1 atom stereocenters. The quantitative estimate of drug-likeness (QED) is 0.903. The van der Waals surface area contributed by atoms with E-state index in [0.29, 0.717) is 24.8 Å². The van der Waals surface area contributed by atoms with E-state index < -0.39 is 0 Å². The van der Waals surface area contributed by atoms with Crippen molar-refractivity contribution in [2.24, 2.45) is 5.73 Å². The lowest BCUT2D eigenvalue weighted by Gasteiger charge is -2.36. The molecule has 1 aromatic heterocycles. The van der Waals surface area contributed by atoms with Crippen LogP contribution in [-0.4, -0.2) is 37.3 Å². The average molecular weight is 307 g/mol. The lowest BCUT2D eigenvalue weighted by atomic mass is 10.2. The summed E-state index contributed by atoms with van der Waals surface area (Å²) >= 11 is 9.51. The van der Waals surface area contributed by atoms with Gasteiger partial charge < -0.3 is 15.4 Å². The minimum Gasteiger partial charge on any atom is -0.377 e. The van der Waals surface area contributed by atoms with Crippen LogP contribution < -0.4 is 10.6 Å². The van der Waals surface area contributed by atoms with Crippen LogP contribution in [0.25, 0.3) is 0 Å². The molecule has 1 unspecified atom stereocenters. The summed E-state index contributed by atoms with van der Waals surface area (Å²) in [5, 5.41) is 0.634. The Bertz CT molecular complexity index is 377. The zero-order chi connectivity index (χ0) is 11.5. The highest BCUT2D eigenvalue weighted by Crippen LogP contribution is 2.28. The van der Waals surface area contributed by atoms with Crippen LogP contribution in [0.4, 0.5) is 5.82 Å². The van der Waals surface area contributed by atoms with Crippen molar-refractivity contribution in [2.75, 3.05) is 31.2 Å². The topological polar surface area (TPSA) is 51.4 Å². The molecule has 0 amide bonds. The lowest BCUT2D eigenvalue weighted by molar-refractivity contribution is 0.0958. The standard InChI is InChI=1S/C10H13BrClN3O/c11-7-3-9(12)10(14-5-7)15-1-2-16-6-8(15)4-13/h3,5,8H,1-2,4,6,13H2. The molecule has 0 aliphatic carbocycles. The molecule has 1 fully saturated rings. The number of rotatable bonds is 2.